The highest BCUT2D eigenvalue weighted by Crippen LogP contribution is 2.12. The van der Waals surface area contributed by atoms with Crippen LogP contribution in [0, 0.1) is 0 Å². The first kappa shape index (κ1) is 13.2. The van der Waals surface area contributed by atoms with Crippen LogP contribution in [-0.2, 0) is 6.42 Å². The van der Waals surface area contributed by atoms with E-state index in [0.717, 1.165) is 23.3 Å². The van der Waals surface area contributed by atoms with Gasteiger partial charge in [-0.3, -0.25) is 0 Å². The zero-order chi connectivity index (χ0) is 10.5. The van der Waals surface area contributed by atoms with Crippen molar-refractivity contribution in [2.45, 2.75) is 39.0 Å². The van der Waals surface area contributed by atoms with Gasteiger partial charge >= 0.3 is 0 Å². The maximum atomic E-state index is 4.55. The second-order valence-electron chi connectivity index (χ2n) is 4.01. The molecule has 0 radical (unpaired) electrons. The number of benzene rings is 1. The number of imidazole rings is 1. The van der Waals surface area contributed by atoms with E-state index < -0.39 is 0 Å². The van der Waals surface area contributed by atoms with E-state index in [1.54, 1.807) is 0 Å². The third kappa shape index (κ3) is 3.34. The summed E-state index contributed by atoms with van der Waals surface area (Å²) in [5.41, 5.74) is 2.24. The number of hydrogen-bond donors (Lipinski definition) is 1. The minimum atomic E-state index is 0. The molecule has 1 aromatic carbocycles. The number of H-pyrrole nitrogens is 1. The van der Waals surface area contributed by atoms with Crippen LogP contribution in [0.15, 0.2) is 24.3 Å². The Bertz CT molecular complexity index is 390. The summed E-state index contributed by atoms with van der Waals surface area (Å²) in [6.45, 7) is 2.24. The van der Waals surface area contributed by atoms with Crippen molar-refractivity contribution in [2.75, 3.05) is 0 Å². The van der Waals surface area contributed by atoms with E-state index in [1.807, 2.05) is 12.1 Å². The van der Waals surface area contributed by atoms with Crippen LogP contribution in [0.3, 0.4) is 0 Å². The molecule has 0 aliphatic rings. The van der Waals surface area contributed by atoms with Gasteiger partial charge in [-0.25, -0.2) is 4.98 Å². The molecule has 88 valence electrons. The fourth-order valence-electron chi connectivity index (χ4n) is 1.84. The molecule has 2 rings (SSSR count). The lowest BCUT2D eigenvalue weighted by molar-refractivity contribution is 0.656. The number of para-hydroxylation sites is 2. The van der Waals surface area contributed by atoms with E-state index in [0.29, 0.717) is 0 Å². The highest BCUT2D eigenvalue weighted by Gasteiger charge is 2.00. The van der Waals surface area contributed by atoms with Crippen LogP contribution in [0.4, 0.5) is 0 Å². The number of unbranched alkanes of at least 4 members (excludes halogenated alkanes) is 3. The molecule has 0 saturated heterocycles. The van der Waals surface area contributed by atoms with Crippen molar-refractivity contribution in [1.29, 1.82) is 0 Å². The summed E-state index contributed by atoms with van der Waals surface area (Å²) in [4.78, 5) is 7.92. The Morgan fingerprint density at radius 3 is 2.69 bits per heavy atom. The Labute approximate surface area is 107 Å². The fourth-order valence-corrected chi connectivity index (χ4v) is 1.84. The van der Waals surface area contributed by atoms with Crippen molar-refractivity contribution < 1.29 is 0 Å². The Kier molecular flexibility index (Phi) is 5.53. The molecule has 2 nitrogen and oxygen atoms in total. The van der Waals surface area contributed by atoms with Gasteiger partial charge in [-0.15, -0.1) is 17.0 Å². The summed E-state index contributed by atoms with van der Waals surface area (Å²) in [6.07, 6.45) is 6.26. The topological polar surface area (TPSA) is 28.7 Å². The highest BCUT2D eigenvalue weighted by molar-refractivity contribution is 8.93. The molecule has 0 amide bonds. The van der Waals surface area contributed by atoms with Crippen molar-refractivity contribution in [3.63, 3.8) is 0 Å². The molecule has 0 aliphatic carbocycles. The van der Waals surface area contributed by atoms with Crippen LogP contribution < -0.4 is 0 Å². The quantitative estimate of drug-likeness (QED) is 0.816. The number of rotatable bonds is 5. The van der Waals surface area contributed by atoms with Crippen molar-refractivity contribution >= 4 is 28.0 Å². The first-order valence-electron chi connectivity index (χ1n) is 5.84. The van der Waals surface area contributed by atoms with E-state index >= 15 is 0 Å². The predicted octanol–water partition coefficient (Wildman–Crippen LogP) is 4.26. The van der Waals surface area contributed by atoms with E-state index in [4.69, 9.17) is 0 Å². The molecule has 0 atom stereocenters. The fraction of sp³-hybridized carbons (Fsp3) is 0.462. The summed E-state index contributed by atoms with van der Waals surface area (Å²) >= 11 is 0. The molecule has 0 unspecified atom stereocenters. The number of fused-ring (bicyclic) bond motifs is 1. The van der Waals surface area contributed by atoms with Crippen molar-refractivity contribution in [2.24, 2.45) is 0 Å². The largest absolute Gasteiger partial charge is 0.342 e. The van der Waals surface area contributed by atoms with Gasteiger partial charge in [-0.1, -0.05) is 38.3 Å². The SMILES string of the molecule is Br.CCCCCCc1nc2ccccc2[nH]1. The van der Waals surface area contributed by atoms with Gasteiger partial charge in [0.15, 0.2) is 0 Å². The predicted molar refractivity (Wildman–Crippen MR) is 74.3 cm³/mol. The zero-order valence-electron chi connectivity index (χ0n) is 9.70. The number of aryl methyl sites for hydroxylation is 1. The van der Waals surface area contributed by atoms with Crippen LogP contribution in [0.2, 0.25) is 0 Å². The number of aromatic amines is 1. The normalized spacial score (nSPS) is 10.3. The number of nitrogens with zero attached hydrogens (tertiary/aromatic N) is 1. The summed E-state index contributed by atoms with van der Waals surface area (Å²) < 4.78 is 0. The molecule has 1 aromatic heterocycles. The number of aromatic nitrogens is 2. The van der Waals surface area contributed by atoms with E-state index in [2.05, 4.69) is 29.0 Å². The van der Waals surface area contributed by atoms with Gasteiger partial charge < -0.3 is 4.98 Å². The van der Waals surface area contributed by atoms with Crippen LogP contribution >= 0.6 is 17.0 Å². The summed E-state index contributed by atoms with van der Waals surface area (Å²) in [6, 6.07) is 8.21. The molecule has 1 N–H and O–H groups in total. The van der Waals surface area contributed by atoms with Crippen LogP contribution in [0.25, 0.3) is 11.0 Å². The summed E-state index contributed by atoms with van der Waals surface area (Å²) in [5.74, 6) is 1.13. The second kappa shape index (κ2) is 6.69. The second-order valence-corrected chi connectivity index (χ2v) is 4.01. The molecule has 16 heavy (non-hydrogen) atoms. The number of nitrogens with one attached hydrogen (secondary N) is 1. The Hall–Kier alpha value is -0.830. The summed E-state index contributed by atoms with van der Waals surface area (Å²) in [7, 11) is 0. The van der Waals surface area contributed by atoms with Crippen LogP contribution in [-0.4, -0.2) is 9.97 Å². The van der Waals surface area contributed by atoms with Gasteiger partial charge in [0.1, 0.15) is 5.82 Å². The van der Waals surface area contributed by atoms with Gasteiger partial charge in [-0.2, -0.15) is 0 Å². The maximum Gasteiger partial charge on any atom is 0.107 e. The third-order valence-corrected chi connectivity index (χ3v) is 2.71. The first-order chi connectivity index (χ1) is 7.40. The molecule has 1 heterocycles. The molecule has 0 fully saturated rings. The standard InChI is InChI=1S/C13H18N2.BrH/c1-2-3-4-5-10-13-14-11-8-6-7-9-12(11)15-13;/h6-9H,2-5,10H2,1H3,(H,14,15);1H. The Balaban J connectivity index is 0.00000128. The van der Waals surface area contributed by atoms with Gasteiger partial charge in [0, 0.05) is 6.42 Å². The van der Waals surface area contributed by atoms with Crippen molar-refractivity contribution in [3.05, 3.63) is 30.1 Å². The third-order valence-electron chi connectivity index (χ3n) is 2.71. The highest BCUT2D eigenvalue weighted by atomic mass is 79.9. The average Bonchev–Trinajstić information content (AvgIpc) is 2.67. The zero-order valence-corrected chi connectivity index (χ0v) is 11.4. The van der Waals surface area contributed by atoms with Gasteiger partial charge in [0.2, 0.25) is 0 Å². The smallest absolute Gasteiger partial charge is 0.107 e. The lowest BCUT2D eigenvalue weighted by Gasteiger charge is -1.95. The van der Waals surface area contributed by atoms with Crippen LogP contribution in [0.5, 0.6) is 0 Å². The lowest BCUT2D eigenvalue weighted by atomic mass is 10.1. The minimum absolute atomic E-state index is 0. The molecule has 0 aliphatic heterocycles. The Morgan fingerprint density at radius 2 is 1.94 bits per heavy atom. The lowest BCUT2D eigenvalue weighted by Crippen LogP contribution is -1.87. The van der Waals surface area contributed by atoms with Gasteiger partial charge in [0.05, 0.1) is 11.0 Å². The van der Waals surface area contributed by atoms with Crippen LogP contribution in [0.1, 0.15) is 38.4 Å². The summed E-state index contributed by atoms with van der Waals surface area (Å²) in [5, 5.41) is 0. The number of hydrogen-bond acceptors (Lipinski definition) is 1. The first-order valence-corrected chi connectivity index (χ1v) is 5.84. The van der Waals surface area contributed by atoms with E-state index in [9.17, 15) is 0 Å². The average molecular weight is 283 g/mol. The Morgan fingerprint density at radius 1 is 1.12 bits per heavy atom. The van der Waals surface area contributed by atoms with E-state index in [-0.39, 0.29) is 17.0 Å². The molecule has 3 heteroatoms. The molecule has 0 saturated carbocycles. The molecule has 0 spiro atoms. The van der Waals surface area contributed by atoms with E-state index in [1.165, 1.54) is 25.7 Å². The minimum Gasteiger partial charge on any atom is -0.342 e. The molecule has 0 bridgehead atoms. The molecule has 2 aromatic rings. The molecular formula is C13H19BrN2. The van der Waals surface area contributed by atoms with Gasteiger partial charge in [-0.05, 0) is 18.6 Å². The van der Waals surface area contributed by atoms with Gasteiger partial charge in [0.25, 0.3) is 0 Å². The van der Waals surface area contributed by atoms with Crippen molar-refractivity contribution in [3.8, 4) is 0 Å². The number of halogens is 1. The molecular weight excluding hydrogens is 264 g/mol. The maximum absolute atomic E-state index is 4.55. The monoisotopic (exact) mass is 282 g/mol. The van der Waals surface area contributed by atoms with Crippen molar-refractivity contribution in [1.82, 2.24) is 9.97 Å².